The second kappa shape index (κ2) is 9.60. The van der Waals surface area contributed by atoms with Crippen LogP contribution in [-0.4, -0.2) is 60.0 Å². The van der Waals surface area contributed by atoms with Gasteiger partial charge in [-0.15, -0.1) is 0 Å². The molecule has 7 heteroatoms. The van der Waals surface area contributed by atoms with Crippen LogP contribution < -0.4 is 20.0 Å². The van der Waals surface area contributed by atoms with Crippen LogP contribution in [0.1, 0.15) is 11.6 Å². The fourth-order valence-corrected chi connectivity index (χ4v) is 3.81. The second-order valence-corrected chi connectivity index (χ2v) is 7.53. The molecule has 1 heterocycles. The zero-order valence-corrected chi connectivity index (χ0v) is 17.3. The van der Waals surface area contributed by atoms with Crippen LogP contribution in [0.2, 0.25) is 0 Å². The molecule has 0 spiro atoms. The van der Waals surface area contributed by atoms with Crippen LogP contribution in [-0.2, 0) is 4.74 Å². The van der Waals surface area contributed by atoms with Crippen LogP contribution >= 0.6 is 0 Å². The Morgan fingerprint density at radius 1 is 1.14 bits per heavy atom. The number of carbonyl (C=O) groups is 1. The molecule has 0 radical (unpaired) electrons. The summed E-state index contributed by atoms with van der Waals surface area (Å²) < 4.78 is 18.0. The van der Waals surface area contributed by atoms with Gasteiger partial charge in [0.05, 0.1) is 39.8 Å². The Labute approximate surface area is 171 Å². The van der Waals surface area contributed by atoms with Crippen molar-refractivity contribution in [1.29, 1.82) is 0 Å². The van der Waals surface area contributed by atoms with E-state index in [4.69, 9.17) is 4.74 Å². The Morgan fingerprint density at radius 3 is 2.31 bits per heavy atom. The van der Waals surface area contributed by atoms with E-state index in [0.717, 1.165) is 37.6 Å². The third kappa shape index (κ3) is 5.38. The lowest BCUT2D eigenvalue weighted by Gasteiger charge is -2.38. The minimum absolute atomic E-state index is 0.140. The fraction of sp³-hybridized carbons (Fsp3) is 0.409. The number of piperazine rings is 1. The molecule has 156 valence electrons. The van der Waals surface area contributed by atoms with Crippen LogP contribution in [0.25, 0.3) is 0 Å². The third-order valence-electron chi connectivity index (χ3n) is 5.54. The normalized spacial score (nSPS) is 15.7. The van der Waals surface area contributed by atoms with E-state index in [1.54, 1.807) is 0 Å². The number of nitrogens with zero attached hydrogens (tertiary/aromatic N) is 2. The van der Waals surface area contributed by atoms with E-state index in [0.29, 0.717) is 6.54 Å². The molecule has 29 heavy (non-hydrogen) atoms. The zero-order valence-electron chi connectivity index (χ0n) is 17.3. The first-order valence-electron chi connectivity index (χ1n) is 9.92. The molecule has 1 aliphatic heterocycles. The summed E-state index contributed by atoms with van der Waals surface area (Å²) in [5.41, 5.74) is 3.38. The summed E-state index contributed by atoms with van der Waals surface area (Å²) in [6.45, 7) is 4.14. The molecule has 0 saturated carbocycles. The SMILES string of the molecule is COC(=O)NC[C@@H](c1ccc(N(C)C)cc1)[NH+]1CCN(c2ccc(F)cc2)CC1. The first-order valence-corrected chi connectivity index (χ1v) is 9.92. The van der Waals surface area contributed by atoms with Gasteiger partial charge < -0.3 is 24.8 Å². The summed E-state index contributed by atoms with van der Waals surface area (Å²) in [4.78, 5) is 17.4. The number of quaternary nitrogens is 1. The molecular formula is C22H30FN4O2+. The monoisotopic (exact) mass is 401 g/mol. The van der Waals surface area contributed by atoms with Crippen molar-refractivity contribution in [3.63, 3.8) is 0 Å². The average molecular weight is 402 g/mol. The lowest BCUT2D eigenvalue weighted by atomic mass is 10.0. The van der Waals surface area contributed by atoms with Crippen molar-refractivity contribution in [2.75, 3.05) is 63.7 Å². The van der Waals surface area contributed by atoms with Crippen molar-refractivity contribution >= 4 is 17.5 Å². The molecule has 2 N–H and O–H groups in total. The summed E-state index contributed by atoms with van der Waals surface area (Å²) in [7, 11) is 5.42. The Bertz CT molecular complexity index is 787. The second-order valence-electron chi connectivity index (χ2n) is 7.53. The number of benzene rings is 2. The molecule has 0 aliphatic carbocycles. The molecule has 2 aromatic rings. The lowest BCUT2D eigenvalue weighted by Crippen LogP contribution is -3.15. The fourth-order valence-electron chi connectivity index (χ4n) is 3.81. The Morgan fingerprint density at radius 2 is 1.76 bits per heavy atom. The molecule has 1 amide bonds. The maximum Gasteiger partial charge on any atom is 0.407 e. The van der Waals surface area contributed by atoms with E-state index >= 15 is 0 Å². The quantitative estimate of drug-likeness (QED) is 0.774. The number of amides is 1. The van der Waals surface area contributed by atoms with Gasteiger partial charge in [0.2, 0.25) is 0 Å². The number of halogens is 1. The van der Waals surface area contributed by atoms with Crippen LogP contribution in [0.15, 0.2) is 48.5 Å². The maximum absolute atomic E-state index is 13.2. The average Bonchev–Trinajstić information content (AvgIpc) is 2.75. The molecule has 1 aliphatic rings. The zero-order chi connectivity index (χ0) is 20.8. The highest BCUT2D eigenvalue weighted by molar-refractivity contribution is 5.66. The highest BCUT2D eigenvalue weighted by Gasteiger charge is 2.29. The first kappa shape index (κ1) is 20.9. The first-order chi connectivity index (χ1) is 14.0. The van der Waals surface area contributed by atoms with Gasteiger partial charge in [0.25, 0.3) is 0 Å². The van der Waals surface area contributed by atoms with E-state index in [-0.39, 0.29) is 11.9 Å². The van der Waals surface area contributed by atoms with Crippen LogP contribution in [0.5, 0.6) is 0 Å². The predicted octanol–water partition coefficient (Wildman–Crippen LogP) is 1.69. The molecule has 6 nitrogen and oxygen atoms in total. The van der Waals surface area contributed by atoms with Crippen LogP contribution in [0.3, 0.4) is 0 Å². The number of methoxy groups -OCH3 is 1. The van der Waals surface area contributed by atoms with Gasteiger partial charge in [0.15, 0.2) is 0 Å². The largest absolute Gasteiger partial charge is 0.453 e. The Balaban J connectivity index is 1.70. The van der Waals surface area contributed by atoms with E-state index in [9.17, 15) is 9.18 Å². The summed E-state index contributed by atoms with van der Waals surface area (Å²) >= 11 is 0. The van der Waals surface area contributed by atoms with Crippen molar-refractivity contribution in [2.24, 2.45) is 0 Å². The molecule has 1 fully saturated rings. The molecule has 1 atom stereocenters. The van der Waals surface area contributed by atoms with E-state index in [2.05, 4.69) is 39.4 Å². The summed E-state index contributed by atoms with van der Waals surface area (Å²) in [5.74, 6) is -0.215. The number of hydrogen-bond donors (Lipinski definition) is 2. The summed E-state index contributed by atoms with van der Waals surface area (Å²) in [5, 5.41) is 2.87. The minimum atomic E-state index is -0.413. The molecule has 3 rings (SSSR count). The summed E-state index contributed by atoms with van der Waals surface area (Å²) in [6.07, 6.45) is -0.413. The van der Waals surface area contributed by atoms with Gasteiger partial charge in [-0.1, -0.05) is 12.1 Å². The third-order valence-corrected chi connectivity index (χ3v) is 5.54. The number of rotatable bonds is 6. The molecular weight excluding hydrogens is 371 g/mol. The number of nitrogens with one attached hydrogen (secondary N) is 2. The van der Waals surface area contributed by atoms with Gasteiger partial charge in [0.1, 0.15) is 11.9 Å². The molecule has 0 unspecified atom stereocenters. The Kier molecular flexibility index (Phi) is 6.93. The Hall–Kier alpha value is -2.80. The van der Waals surface area contributed by atoms with Crippen molar-refractivity contribution < 1.29 is 18.8 Å². The van der Waals surface area contributed by atoms with Gasteiger partial charge in [-0.2, -0.15) is 0 Å². The van der Waals surface area contributed by atoms with E-state index in [1.165, 1.54) is 29.7 Å². The van der Waals surface area contributed by atoms with Gasteiger partial charge in [-0.05, 0) is 36.4 Å². The van der Waals surface area contributed by atoms with Crippen molar-refractivity contribution in [1.82, 2.24) is 5.32 Å². The van der Waals surface area contributed by atoms with E-state index in [1.807, 2.05) is 26.2 Å². The molecule has 0 bridgehead atoms. The molecule has 0 aromatic heterocycles. The van der Waals surface area contributed by atoms with Crippen LogP contribution in [0, 0.1) is 5.82 Å². The number of carbonyl (C=O) groups excluding carboxylic acids is 1. The van der Waals surface area contributed by atoms with E-state index < -0.39 is 6.09 Å². The number of ether oxygens (including phenoxy) is 1. The molecule has 1 saturated heterocycles. The van der Waals surface area contributed by atoms with Gasteiger partial charge in [-0.3, -0.25) is 0 Å². The predicted molar refractivity (Wildman–Crippen MR) is 113 cm³/mol. The minimum Gasteiger partial charge on any atom is -0.453 e. The topological polar surface area (TPSA) is 49.2 Å². The standard InChI is InChI=1S/C22H29FN4O2/c1-25(2)19-8-4-17(5-9-19)21(16-24-22(28)29-3)27-14-12-26(13-15-27)20-10-6-18(23)7-11-20/h4-11,21H,12-16H2,1-3H3,(H,24,28)/p+1/t21-/m0/s1. The smallest absolute Gasteiger partial charge is 0.407 e. The van der Waals surface area contributed by atoms with Gasteiger partial charge in [0, 0.05) is 31.0 Å². The highest BCUT2D eigenvalue weighted by atomic mass is 19.1. The lowest BCUT2D eigenvalue weighted by molar-refractivity contribution is -0.931. The van der Waals surface area contributed by atoms with Crippen molar-refractivity contribution in [2.45, 2.75) is 6.04 Å². The molecule has 2 aromatic carbocycles. The number of alkyl carbamates (subject to hydrolysis) is 1. The van der Waals surface area contributed by atoms with Crippen LogP contribution in [0.4, 0.5) is 20.6 Å². The highest BCUT2D eigenvalue weighted by Crippen LogP contribution is 2.18. The van der Waals surface area contributed by atoms with Crippen molar-refractivity contribution in [3.05, 3.63) is 59.9 Å². The summed E-state index contributed by atoms with van der Waals surface area (Å²) in [6, 6.07) is 15.3. The number of anilines is 2. The van der Waals surface area contributed by atoms with Gasteiger partial charge >= 0.3 is 6.09 Å². The van der Waals surface area contributed by atoms with Crippen molar-refractivity contribution in [3.8, 4) is 0 Å². The maximum atomic E-state index is 13.2. The van der Waals surface area contributed by atoms with Gasteiger partial charge in [-0.25, -0.2) is 9.18 Å². The number of hydrogen-bond acceptors (Lipinski definition) is 4.